The highest BCUT2D eigenvalue weighted by molar-refractivity contribution is 9.10. The second-order valence-electron chi connectivity index (χ2n) is 5.86. The van der Waals surface area contributed by atoms with Crippen LogP contribution in [-0.2, 0) is 0 Å². The van der Waals surface area contributed by atoms with Crippen LogP contribution in [-0.4, -0.2) is 26.8 Å². The first kappa shape index (κ1) is 16.9. The number of aromatic nitrogens is 4. The Hall–Kier alpha value is -2.55. The number of ether oxygens (including phenoxy) is 1. The molecule has 0 radical (unpaired) electrons. The maximum atomic E-state index is 12.8. The molecular weight excluding hydrogens is 408 g/mol. The van der Waals surface area contributed by atoms with Crippen molar-refractivity contribution in [2.75, 3.05) is 5.32 Å². The molecule has 4 rings (SSSR count). The van der Waals surface area contributed by atoms with E-state index in [1.54, 1.807) is 22.9 Å². The van der Waals surface area contributed by atoms with Crippen LogP contribution in [0.25, 0.3) is 0 Å². The molecule has 1 aliphatic rings. The van der Waals surface area contributed by atoms with E-state index in [9.17, 15) is 8.78 Å². The van der Waals surface area contributed by atoms with E-state index in [4.69, 9.17) is 4.74 Å². The first-order chi connectivity index (χ1) is 12.6. The first-order valence-electron chi connectivity index (χ1n) is 7.95. The molecule has 0 spiro atoms. The lowest BCUT2D eigenvalue weighted by atomic mass is 9.93. The van der Waals surface area contributed by atoms with Gasteiger partial charge in [0.2, 0.25) is 5.95 Å². The van der Waals surface area contributed by atoms with Crippen molar-refractivity contribution in [3.8, 4) is 5.75 Å². The molecule has 6 nitrogen and oxygen atoms in total. The highest BCUT2D eigenvalue weighted by atomic mass is 79.9. The van der Waals surface area contributed by atoms with Gasteiger partial charge in [-0.15, -0.1) is 0 Å². The molecule has 1 aliphatic heterocycles. The predicted molar refractivity (Wildman–Crippen MR) is 94.2 cm³/mol. The van der Waals surface area contributed by atoms with Crippen molar-refractivity contribution < 1.29 is 13.5 Å². The van der Waals surface area contributed by atoms with Gasteiger partial charge in [0, 0.05) is 10.0 Å². The minimum absolute atomic E-state index is 0.0637. The van der Waals surface area contributed by atoms with E-state index < -0.39 is 6.61 Å². The molecule has 9 heteroatoms. The number of nitrogens with one attached hydrogen (secondary N) is 1. The Bertz CT molecular complexity index is 902. The minimum Gasteiger partial charge on any atom is -0.434 e. The number of fused-ring (bicyclic) bond motifs is 1. The van der Waals surface area contributed by atoms with Gasteiger partial charge in [-0.2, -0.15) is 8.78 Å². The van der Waals surface area contributed by atoms with Crippen LogP contribution in [0.2, 0.25) is 0 Å². The number of anilines is 1. The van der Waals surface area contributed by atoms with E-state index >= 15 is 0 Å². The Balaban J connectivity index is 1.73. The summed E-state index contributed by atoms with van der Waals surface area (Å²) < 4.78 is 32.9. The van der Waals surface area contributed by atoms with Gasteiger partial charge in [-0.05, 0) is 40.6 Å². The zero-order chi connectivity index (χ0) is 18.1. The van der Waals surface area contributed by atoms with Gasteiger partial charge in [0.25, 0.3) is 0 Å². The largest absolute Gasteiger partial charge is 0.434 e. The Morgan fingerprint density at radius 1 is 1.15 bits per heavy atom. The van der Waals surface area contributed by atoms with Gasteiger partial charge in [-0.25, -0.2) is 4.68 Å². The van der Waals surface area contributed by atoms with E-state index in [1.807, 2.05) is 24.3 Å². The average molecular weight is 422 g/mol. The number of rotatable bonds is 4. The van der Waals surface area contributed by atoms with Gasteiger partial charge in [-0.1, -0.05) is 51.4 Å². The molecule has 3 aromatic rings. The maximum Gasteiger partial charge on any atom is 0.387 e. The molecule has 1 aromatic heterocycles. The summed E-state index contributed by atoms with van der Waals surface area (Å²) in [4.78, 5) is 0. The van der Waals surface area contributed by atoms with Crippen LogP contribution in [0.15, 0.2) is 53.0 Å². The van der Waals surface area contributed by atoms with E-state index in [1.165, 1.54) is 6.07 Å². The average Bonchev–Trinajstić information content (AvgIpc) is 3.10. The molecule has 0 saturated heterocycles. The van der Waals surface area contributed by atoms with Crippen LogP contribution in [0, 0.1) is 0 Å². The summed E-state index contributed by atoms with van der Waals surface area (Å²) >= 11 is 3.43. The first-order valence-corrected chi connectivity index (χ1v) is 8.74. The van der Waals surface area contributed by atoms with Crippen molar-refractivity contribution in [1.29, 1.82) is 0 Å². The normalized spacial score (nSPS) is 19.1. The van der Waals surface area contributed by atoms with Crippen molar-refractivity contribution in [2.24, 2.45) is 0 Å². The molecular formula is C17H14BrF2N5O. The van der Waals surface area contributed by atoms with E-state index in [0.717, 1.165) is 10.0 Å². The fourth-order valence-electron chi connectivity index (χ4n) is 3.17. The Morgan fingerprint density at radius 2 is 1.92 bits per heavy atom. The molecule has 0 amide bonds. The zero-order valence-electron chi connectivity index (χ0n) is 13.4. The maximum absolute atomic E-state index is 12.8. The van der Waals surface area contributed by atoms with Crippen LogP contribution in [0.3, 0.4) is 0 Å². The number of alkyl halides is 2. The Kier molecular flexibility index (Phi) is 4.54. The summed E-state index contributed by atoms with van der Waals surface area (Å²) in [5.74, 6) is 0.617. The molecule has 26 heavy (non-hydrogen) atoms. The second kappa shape index (κ2) is 6.99. The standard InChI is InChI=1S/C17H14BrF2N5O/c18-11-7-5-10(6-8-11)13-9-14(25-17(21-13)22-23-24-25)12-3-1-2-4-15(12)26-16(19)20/h1-8,13-14,16H,9H2,(H,21,22,24). The van der Waals surface area contributed by atoms with E-state index in [-0.39, 0.29) is 17.8 Å². The molecule has 2 atom stereocenters. The van der Waals surface area contributed by atoms with Gasteiger partial charge in [0.15, 0.2) is 0 Å². The smallest absolute Gasteiger partial charge is 0.387 e. The van der Waals surface area contributed by atoms with Crippen molar-refractivity contribution in [2.45, 2.75) is 25.1 Å². The fourth-order valence-corrected chi connectivity index (χ4v) is 3.43. The third-order valence-electron chi connectivity index (χ3n) is 4.32. The molecule has 0 saturated carbocycles. The highest BCUT2D eigenvalue weighted by Crippen LogP contribution is 2.40. The lowest BCUT2D eigenvalue weighted by Crippen LogP contribution is -2.28. The number of halogens is 3. The number of hydrogen-bond acceptors (Lipinski definition) is 5. The second-order valence-corrected chi connectivity index (χ2v) is 6.78. The van der Waals surface area contributed by atoms with Gasteiger partial charge < -0.3 is 10.1 Å². The summed E-state index contributed by atoms with van der Waals surface area (Å²) in [5, 5.41) is 15.0. The quantitative estimate of drug-likeness (QED) is 0.684. The SMILES string of the molecule is FC(F)Oc1ccccc1C1CC(c2ccc(Br)cc2)Nc2nnnn21. The number of nitrogens with zero attached hydrogens (tertiary/aromatic N) is 4. The molecule has 134 valence electrons. The van der Waals surface area contributed by atoms with Crippen molar-refractivity contribution in [3.05, 3.63) is 64.1 Å². The topological polar surface area (TPSA) is 64.9 Å². The predicted octanol–water partition coefficient (Wildman–Crippen LogP) is 4.18. The molecule has 2 unspecified atom stereocenters. The number of para-hydroxylation sites is 1. The van der Waals surface area contributed by atoms with Crippen molar-refractivity contribution >= 4 is 21.9 Å². The minimum atomic E-state index is -2.89. The summed E-state index contributed by atoms with van der Waals surface area (Å²) in [6.07, 6.45) is 0.587. The molecule has 2 heterocycles. The van der Waals surface area contributed by atoms with Crippen LogP contribution >= 0.6 is 15.9 Å². The van der Waals surface area contributed by atoms with Gasteiger partial charge in [0.1, 0.15) is 5.75 Å². The zero-order valence-corrected chi connectivity index (χ0v) is 15.0. The fraction of sp³-hybridized carbons (Fsp3) is 0.235. The highest BCUT2D eigenvalue weighted by Gasteiger charge is 2.32. The van der Waals surface area contributed by atoms with Crippen molar-refractivity contribution in [3.63, 3.8) is 0 Å². The van der Waals surface area contributed by atoms with Crippen LogP contribution in [0.5, 0.6) is 5.75 Å². The summed E-state index contributed by atoms with van der Waals surface area (Å²) in [5.41, 5.74) is 1.67. The Morgan fingerprint density at radius 3 is 2.69 bits per heavy atom. The lowest BCUT2D eigenvalue weighted by Gasteiger charge is -2.31. The summed E-state index contributed by atoms with van der Waals surface area (Å²) in [7, 11) is 0. The summed E-state index contributed by atoms with van der Waals surface area (Å²) in [6, 6.07) is 14.3. The molecule has 2 aromatic carbocycles. The molecule has 1 N–H and O–H groups in total. The third kappa shape index (κ3) is 3.26. The van der Waals surface area contributed by atoms with Crippen LogP contribution in [0.4, 0.5) is 14.7 Å². The van der Waals surface area contributed by atoms with Gasteiger partial charge in [-0.3, -0.25) is 0 Å². The van der Waals surface area contributed by atoms with Crippen LogP contribution in [0.1, 0.15) is 29.6 Å². The molecule has 0 aliphatic carbocycles. The molecule has 0 bridgehead atoms. The summed E-state index contributed by atoms with van der Waals surface area (Å²) in [6.45, 7) is -2.89. The van der Waals surface area contributed by atoms with Crippen molar-refractivity contribution in [1.82, 2.24) is 20.2 Å². The van der Waals surface area contributed by atoms with E-state index in [0.29, 0.717) is 17.9 Å². The van der Waals surface area contributed by atoms with Gasteiger partial charge >= 0.3 is 6.61 Å². The van der Waals surface area contributed by atoms with E-state index in [2.05, 4.69) is 36.8 Å². The third-order valence-corrected chi connectivity index (χ3v) is 4.85. The number of tetrazole rings is 1. The lowest BCUT2D eigenvalue weighted by molar-refractivity contribution is -0.0507. The Labute approximate surface area is 156 Å². The van der Waals surface area contributed by atoms with Gasteiger partial charge in [0.05, 0.1) is 12.1 Å². The number of benzene rings is 2. The monoisotopic (exact) mass is 421 g/mol. The van der Waals surface area contributed by atoms with Crippen LogP contribution < -0.4 is 10.1 Å². The molecule has 0 fully saturated rings. The number of hydrogen-bond donors (Lipinski definition) is 1.